The van der Waals surface area contributed by atoms with Crippen molar-refractivity contribution in [2.24, 2.45) is 0 Å². The van der Waals surface area contributed by atoms with E-state index in [0.717, 1.165) is 0 Å². The van der Waals surface area contributed by atoms with Gasteiger partial charge in [-0.3, -0.25) is 4.68 Å². The molecule has 0 bridgehead atoms. The summed E-state index contributed by atoms with van der Waals surface area (Å²) in [5.41, 5.74) is 0.0182. The summed E-state index contributed by atoms with van der Waals surface area (Å²) in [7, 11) is 2.93. The molecule has 0 unspecified atom stereocenters. The summed E-state index contributed by atoms with van der Waals surface area (Å²) in [4.78, 5) is 12.2. The molecule has 0 spiro atoms. The molecule has 1 aromatic heterocycles. The van der Waals surface area contributed by atoms with Crippen LogP contribution in [0, 0.1) is 0 Å². The number of halogens is 3. The van der Waals surface area contributed by atoms with E-state index < -0.39 is 17.9 Å². The number of ether oxygens (including phenoxy) is 3. The zero-order valence-corrected chi connectivity index (χ0v) is 15.9. The van der Waals surface area contributed by atoms with Crippen molar-refractivity contribution in [2.45, 2.75) is 25.7 Å². The number of nitrogens with zero attached hydrogens (tertiary/aromatic N) is 2. The number of rotatable bonds is 6. The zero-order chi connectivity index (χ0) is 21.0. The maximum absolute atomic E-state index is 13.2. The van der Waals surface area contributed by atoms with E-state index in [2.05, 4.69) is 15.7 Å². The molecule has 1 aliphatic heterocycles. The first-order valence-corrected chi connectivity index (χ1v) is 8.84. The first-order chi connectivity index (χ1) is 13.8. The van der Waals surface area contributed by atoms with E-state index in [0.29, 0.717) is 35.9 Å². The van der Waals surface area contributed by atoms with Crippen LogP contribution in [0.15, 0.2) is 18.2 Å². The summed E-state index contributed by atoms with van der Waals surface area (Å²) in [5.74, 6) is 0.816. The van der Waals surface area contributed by atoms with Gasteiger partial charge < -0.3 is 24.8 Å². The predicted molar refractivity (Wildman–Crippen MR) is 97.2 cm³/mol. The van der Waals surface area contributed by atoms with Crippen LogP contribution in [-0.4, -0.2) is 43.2 Å². The fourth-order valence-electron chi connectivity index (χ4n) is 3.15. The minimum absolute atomic E-state index is 0.0642. The van der Waals surface area contributed by atoms with Crippen molar-refractivity contribution in [1.29, 1.82) is 0 Å². The Morgan fingerprint density at radius 3 is 2.79 bits per heavy atom. The number of nitrogens with one attached hydrogen (secondary N) is 2. The number of methoxy groups -OCH3 is 2. The van der Waals surface area contributed by atoms with Crippen LogP contribution in [0.25, 0.3) is 0 Å². The Morgan fingerprint density at radius 1 is 1.31 bits per heavy atom. The number of alkyl halides is 3. The molecule has 29 heavy (non-hydrogen) atoms. The van der Waals surface area contributed by atoms with Crippen LogP contribution in [0.1, 0.15) is 17.0 Å². The molecule has 0 saturated carbocycles. The number of benzene rings is 1. The number of aromatic nitrogens is 2. The van der Waals surface area contributed by atoms with Gasteiger partial charge in [0.25, 0.3) is 0 Å². The van der Waals surface area contributed by atoms with Gasteiger partial charge in [0.15, 0.2) is 17.2 Å². The van der Waals surface area contributed by atoms with Gasteiger partial charge in [0.05, 0.1) is 39.7 Å². The van der Waals surface area contributed by atoms with Crippen LogP contribution in [-0.2, 0) is 30.5 Å². The molecule has 8 nitrogen and oxygen atoms in total. The SMILES string of the molecule is COc1cccc(NC(=O)NCCn2nc(C(F)(F)F)c3c2CCOC3)c1OC. The average molecular weight is 414 g/mol. The van der Waals surface area contributed by atoms with Crippen molar-refractivity contribution in [1.82, 2.24) is 15.1 Å². The Bertz CT molecular complexity index is 883. The van der Waals surface area contributed by atoms with Crippen molar-refractivity contribution < 1.29 is 32.2 Å². The van der Waals surface area contributed by atoms with Gasteiger partial charge in [-0.25, -0.2) is 4.79 Å². The van der Waals surface area contributed by atoms with Gasteiger partial charge in [0.1, 0.15) is 0 Å². The number of hydrogen-bond acceptors (Lipinski definition) is 5. The lowest BCUT2D eigenvalue weighted by molar-refractivity contribution is -0.142. The smallest absolute Gasteiger partial charge is 0.435 e. The summed E-state index contributed by atoms with van der Waals surface area (Å²) < 4.78 is 56.4. The molecule has 0 radical (unpaired) electrons. The Morgan fingerprint density at radius 2 is 2.10 bits per heavy atom. The third kappa shape index (κ3) is 4.56. The molecular weight excluding hydrogens is 393 g/mol. The van der Waals surface area contributed by atoms with Crippen molar-refractivity contribution in [3.63, 3.8) is 0 Å². The molecule has 1 aromatic carbocycles. The molecule has 2 aromatic rings. The summed E-state index contributed by atoms with van der Waals surface area (Å²) >= 11 is 0. The van der Waals surface area contributed by atoms with Crippen molar-refractivity contribution in [3.8, 4) is 11.5 Å². The number of fused-ring (bicyclic) bond motifs is 1. The van der Waals surface area contributed by atoms with E-state index >= 15 is 0 Å². The highest BCUT2D eigenvalue weighted by molar-refractivity contribution is 5.91. The fourth-order valence-corrected chi connectivity index (χ4v) is 3.15. The molecule has 0 fully saturated rings. The largest absolute Gasteiger partial charge is 0.493 e. The molecule has 11 heteroatoms. The van der Waals surface area contributed by atoms with E-state index in [1.165, 1.54) is 18.9 Å². The van der Waals surface area contributed by atoms with Crippen molar-refractivity contribution in [2.75, 3.05) is 32.7 Å². The Balaban J connectivity index is 1.64. The maximum atomic E-state index is 13.2. The highest BCUT2D eigenvalue weighted by atomic mass is 19.4. The Labute approximate surface area is 164 Å². The molecule has 3 rings (SSSR count). The first-order valence-electron chi connectivity index (χ1n) is 8.84. The molecule has 2 amide bonds. The standard InChI is InChI=1S/C18H21F3N4O4/c1-27-14-5-3-4-12(15(14)28-2)23-17(26)22-7-8-25-13-6-9-29-10-11(13)16(24-25)18(19,20)21/h3-5H,6-10H2,1-2H3,(H2,22,23,26). The second-order valence-electron chi connectivity index (χ2n) is 6.22. The molecule has 0 atom stereocenters. The van der Waals surface area contributed by atoms with Crippen LogP contribution in [0.5, 0.6) is 11.5 Å². The second-order valence-corrected chi connectivity index (χ2v) is 6.22. The van der Waals surface area contributed by atoms with Gasteiger partial charge >= 0.3 is 12.2 Å². The number of carbonyl (C=O) groups excluding carboxylic acids is 1. The van der Waals surface area contributed by atoms with Crippen LogP contribution in [0.2, 0.25) is 0 Å². The highest BCUT2D eigenvalue weighted by Crippen LogP contribution is 2.35. The quantitative estimate of drug-likeness (QED) is 0.759. The Hall–Kier alpha value is -2.95. The van der Waals surface area contributed by atoms with Crippen LogP contribution < -0.4 is 20.1 Å². The molecule has 0 aliphatic carbocycles. The minimum atomic E-state index is -4.55. The van der Waals surface area contributed by atoms with E-state index in [9.17, 15) is 18.0 Å². The van der Waals surface area contributed by atoms with Gasteiger partial charge in [0, 0.05) is 24.2 Å². The highest BCUT2D eigenvalue weighted by Gasteiger charge is 2.39. The molecule has 0 saturated heterocycles. The number of urea groups is 1. The fraction of sp³-hybridized carbons (Fsp3) is 0.444. The van der Waals surface area contributed by atoms with Crippen LogP contribution in [0.3, 0.4) is 0 Å². The average Bonchev–Trinajstić information content (AvgIpc) is 3.07. The van der Waals surface area contributed by atoms with Crippen LogP contribution >= 0.6 is 0 Å². The van der Waals surface area contributed by atoms with E-state index in [1.807, 2.05) is 0 Å². The monoisotopic (exact) mass is 414 g/mol. The van der Waals surface area contributed by atoms with E-state index in [4.69, 9.17) is 14.2 Å². The predicted octanol–water partition coefficient (Wildman–Crippen LogP) is 2.81. The first kappa shape index (κ1) is 20.8. The zero-order valence-electron chi connectivity index (χ0n) is 15.9. The number of carbonyl (C=O) groups is 1. The van der Waals surface area contributed by atoms with Gasteiger partial charge in [0.2, 0.25) is 0 Å². The lowest BCUT2D eigenvalue weighted by Crippen LogP contribution is -2.32. The minimum Gasteiger partial charge on any atom is -0.493 e. The van der Waals surface area contributed by atoms with Gasteiger partial charge in [-0.15, -0.1) is 0 Å². The summed E-state index contributed by atoms with van der Waals surface area (Å²) in [6.45, 7) is 0.402. The summed E-state index contributed by atoms with van der Waals surface area (Å²) in [5, 5.41) is 8.93. The lowest BCUT2D eigenvalue weighted by Gasteiger charge is -2.16. The molecule has 1 aliphatic rings. The number of hydrogen-bond donors (Lipinski definition) is 2. The lowest BCUT2D eigenvalue weighted by atomic mass is 10.1. The normalized spacial score (nSPS) is 13.6. The topological polar surface area (TPSA) is 86.6 Å². The number of para-hydroxylation sites is 1. The van der Waals surface area contributed by atoms with E-state index in [-0.39, 0.29) is 25.3 Å². The maximum Gasteiger partial charge on any atom is 0.435 e. The van der Waals surface area contributed by atoms with E-state index in [1.54, 1.807) is 18.2 Å². The molecule has 158 valence electrons. The number of amides is 2. The Kier molecular flexibility index (Phi) is 6.16. The van der Waals surface area contributed by atoms with Gasteiger partial charge in [-0.1, -0.05) is 6.07 Å². The number of anilines is 1. The van der Waals surface area contributed by atoms with Gasteiger partial charge in [-0.2, -0.15) is 18.3 Å². The summed E-state index contributed by atoms with van der Waals surface area (Å²) in [6.07, 6.45) is -4.21. The third-order valence-corrected chi connectivity index (χ3v) is 4.42. The third-order valence-electron chi connectivity index (χ3n) is 4.42. The van der Waals surface area contributed by atoms with Gasteiger partial charge in [-0.05, 0) is 12.1 Å². The summed E-state index contributed by atoms with van der Waals surface area (Å²) in [6, 6.07) is 4.48. The molecule has 2 heterocycles. The second kappa shape index (κ2) is 8.60. The van der Waals surface area contributed by atoms with Crippen LogP contribution in [0.4, 0.5) is 23.7 Å². The molecular formula is C18H21F3N4O4. The molecule has 2 N–H and O–H groups in total. The van der Waals surface area contributed by atoms with Crippen molar-refractivity contribution in [3.05, 3.63) is 35.2 Å². The van der Waals surface area contributed by atoms with Crippen molar-refractivity contribution >= 4 is 11.7 Å².